The number of benzene rings is 1. The van der Waals surface area contributed by atoms with Gasteiger partial charge in [-0.2, -0.15) is 5.26 Å². The van der Waals surface area contributed by atoms with Crippen molar-refractivity contribution in [2.45, 2.75) is 25.7 Å². The van der Waals surface area contributed by atoms with Gasteiger partial charge in [-0.3, -0.25) is 4.98 Å². The maximum atomic E-state index is 12.5. The number of hydrogen-bond acceptors (Lipinski definition) is 6. The Morgan fingerprint density at radius 2 is 1.76 bits per heavy atom. The van der Waals surface area contributed by atoms with Crippen LogP contribution in [0.15, 0.2) is 47.6 Å². The number of rotatable bonds is 5. The minimum absolute atomic E-state index is 0.0470. The molecule has 0 bridgehead atoms. The fraction of sp³-hybridized carbons (Fsp3) is 0.190. The quantitative estimate of drug-likeness (QED) is 0.691. The number of ether oxygens (including phenoxy) is 1. The molecule has 2 heterocycles. The Morgan fingerprint density at radius 1 is 1.07 bits per heavy atom. The van der Waals surface area contributed by atoms with Gasteiger partial charge in [-0.05, 0) is 57.1 Å². The predicted octanol–water partition coefficient (Wildman–Crippen LogP) is 3.64. The van der Waals surface area contributed by atoms with E-state index >= 15 is 0 Å². The van der Waals surface area contributed by atoms with Crippen LogP contribution in [-0.2, 0) is 10.0 Å². The largest absolute Gasteiger partial charge is 0.437 e. The molecule has 0 atom stereocenters. The highest BCUT2D eigenvalue weighted by molar-refractivity contribution is 7.89. The standard InChI is InChI=1S/C21H20N4O3S/c1-13-7-14(2)20(15(3)8-13)28-21-19(29(26,27)23-4)6-5-18(25-21)17-9-16(10-22)11-24-12-17/h5-9,11-12,23H,1-4H3. The van der Waals surface area contributed by atoms with Crippen molar-refractivity contribution in [3.8, 4) is 29.0 Å². The molecule has 0 saturated carbocycles. The molecule has 0 aliphatic rings. The third-order valence-corrected chi connectivity index (χ3v) is 5.78. The first-order chi connectivity index (χ1) is 13.7. The van der Waals surface area contributed by atoms with Crippen molar-refractivity contribution in [2.75, 3.05) is 7.05 Å². The van der Waals surface area contributed by atoms with Gasteiger partial charge in [-0.25, -0.2) is 18.1 Å². The molecule has 1 aromatic carbocycles. The molecule has 2 aromatic heterocycles. The van der Waals surface area contributed by atoms with Gasteiger partial charge in [0.1, 0.15) is 16.7 Å². The molecule has 0 aliphatic carbocycles. The summed E-state index contributed by atoms with van der Waals surface area (Å²) in [4.78, 5) is 8.40. The number of nitrogens with one attached hydrogen (secondary N) is 1. The zero-order valence-corrected chi connectivity index (χ0v) is 17.3. The maximum Gasteiger partial charge on any atom is 0.245 e. The molecular weight excluding hydrogens is 388 g/mol. The summed E-state index contributed by atoms with van der Waals surface area (Å²) in [6.45, 7) is 5.77. The van der Waals surface area contributed by atoms with Gasteiger partial charge < -0.3 is 4.74 Å². The number of nitrogens with zero attached hydrogens (tertiary/aromatic N) is 3. The second-order valence-electron chi connectivity index (χ2n) is 6.61. The predicted molar refractivity (Wildman–Crippen MR) is 109 cm³/mol. The summed E-state index contributed by atoms with van der Waals surface area (Å²) in [5, 5.41) is 9.10. The van der Waals surface area contributed by atoms with Crippen LogP contribution in [0, 0.1) is 32.1 Å². The number of hydrogen-bond donors (Lipinski definition) is 1. The smallest absolute Gasteiger partial charge is 0.245 e. The number of aryl methyl sites for hydroxylation is 3. The molecule has 7 nitrogen and oxygen atoms in total. The van der Waals surface area contributed by atoms with E-state index in [0.717, 1.165) is 16.7 Å². The van der Waals surface area contributed by atoms with E-state index in [2.05, 4.69) is 14.7 Å². The van der Waals surface area contributed by atoms with Gasteiger partial charge in [0.05, 0.1) is 11.3 Å². The fourth-order valence-electron chi connectivity index (χ4n) is 3.04. The SMILES string of the molecule is CNS(=O)(=O)c1ccc(-c2cncc(C#N)c2)nc1Oc1c(C)cc(C)cc1C. The van der Waals surface area contributed by atoms with E-state index < -0.39 is 10.0 Å². The molecule has 0 aliphatic heterocycles. The Morgan fingerprint density at radius 3 is 2.38 bits per heavy atom. The minimum atomic E-state index is -3.80. The molecule has 3 aromatic rings. The van der Waals surface area contributed by atoms with Gasteiger partial charge >= 0.3 is 0 Å². The first-order valence-corrected chi connectivity index (χ1v) is 10.3. The molecular formula is C21H20N4O3S. The van der Waals surface area contributed by atoms with Crippen molar-refractivity contribution in [2.24, 2.45) is 0 Å². The molecule has 0 amide bonds. The zero-order chi connectivity index (χ0) is 21.2. The molecule has 0 spiro atoms. The normalized spacial score (nSPS) is 11.1. The topological polar surface area (TPSA) is 105 Å². The molecule has 0 unspecified atom stereocenters. The van der Waals surface area contributed by atoms with Gasteiger partial charge in [0.25, 0.3) is 0 Å². The van der Waals surface area contributed by atoms with Crippen molar-refractivity contribution < 1.29 is 13.2 Å². The van der Waals surface area contributed by atoms with Crippen LogP contribution in [0.4, 0.5) is 0 Å². The molecule has 0 radical (unpaired) electrons. The Balaban J connectivity index is 2.18. The van der Waals surface area contributed by atoms with Gasteiger partial charge in [0.15, 0.2) is 0 Å². The van der Waals surface area contributed by atoms with Crippen LogP contribution in [-0.4, -0.2) is 25.4 Å². The van der Waals surface area contributed by atoms with E-state index in [1.54, 1.807) is 18.3 Å². The zero-order valence-electron chi connectivity index (χ0n) is 16.5. The summed E-state index contributed by atoms with van der Waals surface area (Å²) in [5.74, 6) is 0.506. The number of aromatic nitrogens is 2. The first kappa shape index (κ1) is 20.5. The van der Waals surface area contributed by atoms with Crippen molar-refractivity contribution in [1.82, 2.24) is 14.7 Å². The van der Waals surface area contributed by atoms with Gasteiger partial charge in [0, 0.05) is 18.0 Å². The summed E-state index contributed by atoms with van der Waals surface area (Å²) in [7, 11) is -2.47. The van der Waals surface area contributed by atoms with Crippen molar-refractivity contribution in [1.29, 1.82) is 5.26 Å². The van der Waals surface area contributed by atoms with Crippen molar-refractivity contribution in [3.05, 3.63) is 65.0 Å². The van der Waals surface area contributed by atoms with Gasteiger partial charge in [-0.1, -0.05) is 17.7 Å². The Kier molecular flexibility index (Phi) is 5.64. The number of sulfonamides is 1. The van der Waals surface area contributed by atoms with E-state index in [1.165, 1.54) is 19.3 Å². The van der Waals surface area contributed by atoms with Crippen LogP contribution in [0.1, 0.15) is 22.3 Å². The maximum absolute atomic E-state index is 12.5. The van der Waals surface area contributed by atoms with E-state index in [0.29, 0.717) is 22.6 Å². The van der Waals surface area contributed by atoms with E-state index in [1.807, 2.05) is 39.0 Å². The van der Waals surface area contributed by atoms with E-state index in [4.69, 9.17) is 10.00 Å². The molecule has 3 rings (SSSR count). The summed E-state index contributed by atoms with van der Waals surface area (Å²) in [6.07, 6.45) is 3.00. The van der Waals surface area contributed by atoms with Crippen LogP contribution in [0.25, 0.3) is 11.3 Å². The summed E-state index contributed by atoms with van der Waals surface area (Å²) in [5.41, 5.74) is 4.23. The lowest BCUT2D eigenvalue weighted by Crippen LogP contribution is -2.19. The van der Waals surface area contributed by atoms with E-state index in [9.17, 15) is 8.42 Å². The summed E-state index contributed by atoms with van der Waals surface area (Å²) in [6, 6.07) is 10.6. The Bertz CT molecular complexity index is 1210. The molecule has 148 valence electrons. The van der Waals surface area contributed by atoms with Crippen LogP contribution >= 0.6 is 0 Å². The third-order valence-electron chi connectivity index (χ3n) is 4.35. The molecule has 29 heavy (non-hydrogen) atoms. The summed E-state index contributed by atoms with van der Waals surface area (Å²) < 4.78 is 33.3. The average molecular weight is 408 g/mol. The Hall–Kier alpha value is -3.28. The van der Waals surface area contributed by atoms with Crippen LogP contribution in [0.2, 0.25) is 0 Å². The highest BCUT2D eigenvalue weighted by Gasteiger charge is 2.22. The lowest BCUT2D eigenvalue weighted by molar-refractivity contribution is 0.441. The fourth-order valence-corrected chi connectivity index (χ4v) is 3.83. The average Bonchev–Trinajstić information content (AvgIpc) is 2.70. The highest BCUT2D eigenvalue weighted by Crippen LogP contribution is 2.34. The number of nitriles is 1. The lowest BCUT2D eigenvalue weighted by atomic mass is 10.1. The molecule has 0 fully saturated rings. The van der Waals surface area contributed by atoms with Gasteiger partial charge in [-0.15, -0.1) is 0 Å². The monoisotopic (exact) mass is 408 g/mol. The van der Waals surface area contributed by atoms with E-state index in [-0.39, 0.29) is 10.8 Å². The second kappa shape index (κ2) is 7.99. The first-order valence-electron chi connectivity index (χ1n) is 8.81. The molecule has 8 heteroatoms. The van der Waals surface area contributed by atoms with Crippen molar-refractivity contribution >= 4 is 10.0 Å². The van der Waals surface area contributed by atoms with Crippen molar-refractivity contribution in [3.63, 3.8) is 0 Å². The van der Waals surface area contributed by atoms with Crippen LogP contribution < -0.4 is 9.46 Å². The lowest BCUT2D eigenvalue weighted by Gasteiger charge is -2.15. The highest BCUT2D eigenvalue weighted by atomic mass is 32.2. The second-order valence-corrected chi connectivity index (χ2v) is 8.47. The third kappa shape index (κ3) is 4.26. The molecule has 0 saturated heterocycles. The summed E-state index contributed by atoms with van der Waals surface area (Å²) >= 11 is 0. The number of pyridine rings is 2. The minimum Gasteiger partial charge on any atom is -0.437 e. The Labute approximate surface area is 170 Å². The van der Waals surface area contributed by atoms with Gasteiger partial charge in [0.2, 0.25) is 15.9 Å². The van der Waals surface area contributed by atoms with Crippen LogP contribution in [0.3, 0.4) is 0 Å². The molecule has 1 N–H and O–H groups in total. The van der Waals surface area contributed by atoms with Crippen LogP contribution in [0.5, 0.6) is 11.6 Å².